The van der Waals surface area contributed by atoms with E-state index < -0.39 is 6.51 Å². The SMILES string of the molecule is C=C(C)C(=O)OC(C)[C]12[CH]3[CH]4[CH]5[CH]1[Fe]45321678[CH]2[CH]1[CH]6[CH]7[CH]28. The molecule has 10 saturated heterocycles. The normalized spacial score (nSPS) is 109. The Morgan fingerprint density at radius 3 is 1.84 bits per heavy atom. The second-order valence-electron chi connectivity index (χ2n) is 11.6. The Morgan fingerprint density at radius 2 is 1.58 bits per heavy atom. The van der Waals surface area contributed by atoms with E-state index in [1.807, 2.05) is 0 Å². The molecular formula is C16H18FeO2. The molecule has 0 saturated carbocycles. The van der Waals surface area contributed by atoms with Gasteiger partial charge in [0.15, 0.2) is 0 Å². The standard InChI is InChI=1S/C11H13O2.C5H5.Fe/c1-8(2)11(12)13-9(3)10-6-4-5-7-10;1-2-4-5-3-1;/h4-7,9H,1H2,2-3H3;1-5H;. The Morgan fingerprint density at radius 1 is 1.11 bits per heavy atom. The van der Waals surface area contributed by atoms with Crippen molar-refractivity contribution < 1.29 is 16.0 Å². The summed E-state index contributed by atoms with van der Waals surface area (Å²) in [4.78, 5) is 23.6. The number of carbonyl (C=O) groups is 1. The summed E-state index contributed by atoms with van der Waals surface area (Å²) in [6, 6.07) is 0. The maximum atomic E-state index is 12.0. The molecule has 10 aliphatic rings. The molecule has 0 aromatic carbocycles. The molecule has 0 aliphatic carbocycles. The van der Waals surface area contributed by atoms with Gasteiger partial charge in [-0.2, -0.15) is 0 Å². The molecule has 1 spiro atoms. The van der Waals surface area contributed by atoms with Crippen LogP contribution in [0, 0.1) is 0 Å². The van der Waals surface area contributed by atoms with E-state index in [0.29, 0.717) is 9.89 Å². The van der Waals surface area contributed by atoms with Crippen molar-refractivity contribution in [3.63, 3.8) is 0 Å². The number of ether oxygens (including phenoxy) is 1. The Kier molecular flexibility index (Phi) is 0.260. The van der Waals surface area contributed by atoms with Gasteiger partial charge in [-0.1, -0.05) is 0 Å². The summed E-state index contributed by atoms with van der Waals surface area (Å²) in [5.41, 5.74) is 0.582. The summed E-state index contributed by atoms with van der Waals surface area (Å²) in [6.45, 7) is 4.76. The van der Waals surface area contributed by atoms with Gasteiger partial charge in [-0.05, 0) is 0 Å². The molecule has 0 radical (unpaired) electrons. The maximum absolute atomic E-state index is 12.0. The summed E-state index contributed by atoms with van der Waals surface area (Å²) in [5.74, 6) is -0.122. The van der Waals surface area contributed by atoms with E-state index in [1.54, 1.807) is 6.92 Å². The Balaban J connectivity index is 1.34. The van der Waals surface area contributed by atoms with Crippen molar-refractivity contribution in [2.24, 2.45) is 0 Å². The van der Waals surface area contributed by atoms with Crippen LogP contribution in [-0.2, 0) is 16.0 Å². The zero-order valence-electron chi connectivity index (χ0n) is 11.2. The third kappa shape index (κ3) is 0.0853. The number of carbonyl (C=O) groups excluding carboxylic acids is 1. The number of esters is 1. The van der Waals surface area contributed by atoms with Crippen molar-refractivity contribution in [3.05, 3.63) is 12.2 Å². The van der Waals surface area contributed by atoms with E-state index in [-0.39, 0.29) is 12.1 Å². The average Bonchev–Trinajstić information content (AvgIpc) is 3.30. The number of hydrogen-bond donors (Lipinski definition) is 0. The van der Waals surface area contributed by atoms with Crippen molar-refractivity contribution in [3.8, 4) is 0 Å². The van der Waals surface area contributed by atoms with E-state index in [4.69, 9.17) is 4.74 Å². The van der Waals surface area contributed by atoms with Crippen LogP contribution in [-0.4, -0.2) is 12.1 Å². The molecule has 3 heteroatoms. The fourth-order valence-corrected chi connectivity index (χ4v) is 93.3. The van der Waals surface area contributed by atoms with E-state index in [9.17, 15) is 4.79 Å². The van der Waals surface area contributed by atoms with Gasteiger partial charge in [0, 0.05) is 0 Å². The molecule has 0 aromatic heterocycles. The predicted molar refractivity (Wildman–Crippen MR) is 66.8 cm³/mol. The zero-order valence-corrected chi connectivity index (χ0v) is 12.3. The first-order valence-corrected chi connectivity index (χ1v) is 14.2. The van der Waals surface area contributed by atoms with Crippen LogP contribution < -0.4 is 0 Å². The van der Waals surface area contributed by atoms with Gasteiger partial charge < -0.3 is 0 Å². The molecule has 0 amide bonds. The summed E-state index contributed by atoms with van der Waals surface area (Å²) in [6.07, 6.45) is 0.255. The summed E-state index contributed by atoms with van der Waals surface area (Å²) < 4.78 is 6.62. The van der Waals surface area contributed by atoms with Gasteiger partial charge >= 0.3 is 102 Å². The van der Waals surface area contributed by atoms with Gasteiger partial charge in [-0.3, -0.25) is 0 Å². The quantitative estimate of drug-likeness (QED) is 0.442. The molecule has 0 bridgehead atoms. The Bertz CT molecular complexity index is 1000. The number of rotatable bonds is 3. The van der Waals surface area contributed by atoms with Gasteiger partial charge in [0.1, 0.15) is 0 Å². The molecule has 10 aliphatic heterocycles. The Hall–Kier alpha value is -0.271. The van der Waals surface area contributed by atoms with Gasteiger partial charge in [0.25, 0.3) is 0 Å². The number of hydrogen-bond acceptors (Lipinski definition) is 2. The molecule has 102 valence electrons. The van der Waals surface area contributed by atoms with Gasteiger partial charge in [0.2, 0.25) is 0 Å². The van der Waals surface area contributed by atoms with Gasteiger partial charge in [-0.15, -0.1) is 0 Å². The van der Waals surface area contributed by atoms with Crippen LogP contribution in [0.4, 0.5) is 0 Å². The van der Waals surface area contributed by atoms with Crippen LogP contribution in [0.3, 0.4) is 0 Å². The first kappa shape index (κ1) is 7.66. The van der Waals surface area contributed by atoms with Crippen molar-refractivity contribution in [1.82, 2.24) is 0 Å². The van der Waals surface area contributed by atoms with E-state index in [2.05, 4.69) is 13.5 Å². The Labute approximate surface area is 102 Å². The van der Waals surface area contributed by atoms with Crippen LogP contribution in [0.5, 0.6) is 0 Å². The van der Waals surface area contributed by atoms with E-state index >= 15 is 0 Å². The van der Waals surface area contributed by atoms with E-state index in [0.717, 1.165) is 0 Å². The molecule has 5 atom stereocenters. The van der Waals surface area contributed by atoms with Crippen LogP contribution in [0.25, 0.3) is 0 Å². The van der Waals surface area contributed by atoms with Crippen LogP contribution in [0.15, 0.2) is 12.2 Å². The molecule has 0 aromatic rings. The van der Waals surface area contributed by atoms with Gasteiger partial charge in [0.05, 0.1) is 0 Å². The first-order chi connectivity index (χ1) is 8.79. The topological polar surface area (TPSA) is 26.3 Å². The van der Waals surface area contributed by atoms with Crippen LogP contribution >= 0.6 is 0 Å². The second-order valence-corrected chi connectivity index (χ2v) is 35.2. The zero-order chi connectivity index (χ0) is 12.5. The third-order valence-corrected chi connectivity index (χ3v) is 58.8. The third-order valence-electron chi connectivity index (χ3n) is 16.0. The number of fused-ring (bicyclic) bond motifs is 10. The van der Waals surface area contributed by atoms with Gasteiger partial charge in [-0.25, -0.2) is 0 Å². The minimum atomic E-state index is -3.05. The van der Waals surface area contributed by atoms with Crippen molar-refractivity contribution in [1.29, 1.82) is 0 Å². The van der Waals surface area contributed by atoms with Crippen molar-refractivity contribution in [2.75, 3.05) is 0 Å². The monoisotopic (exact) mass is 298 g/mol. The van der Waals surface area contributed by atoms with Crippen LogP contribution in [0.2, 0.25) is 47.7 Å². The second kappa shape index (κ2) is 0.645. The molecule has 10 fully saturated rings. The fourth-order valence-electron chi connectivity index (χ4n) is 17.9. The van der Waals surface area contributed by atoms with Crippen LogP contribution in [0.1, 0.15) is 13.8 Å². The summed E-state index contributed by atoms with van der Waals surface area (Å²) in [5, 5.41) is 0. The molecule has 0 N–H and O–H groups in total. The minimum absolute atomic E-state index is 0.122. The molecule has 10 heterocycles. The average molecular weight is 298 g/mol. The molecule has 10 rings (SSSR count). The van der Waals surface area contributed by atoms with Crippen molar-refractivity contribution >= 4 is 5.97 Å². The molecule has 2 nitrogen and oxygen atoms in total. The van der Waals surface area contributed by atoms with E-state index in [1.165, 1.54) is 43.3 Å². The molecule has 5 unspecified atom stereocenters. The summed E-state index contributed by atoms with van der Waals surface area (Å²) in [7, 11) is 0. The predicted octanol–water partition coefficient (Wildman–Crippen LogP) is 4.25. The first-order valence-electron chi connectivity index (χ1n) is 7.87. The fraction of sp³-hybridized carbons (Fsp3) is 0.812. The summed E-state index contributed by atoms with van der Waals surface area (Å²) >= 11 is 0. The molecule has 19 heavy (non-hydrogen) atoms. The van der Waals surface area contributed by atoms with Crippen molar-refractivity contribution in [2.45, 2.75) is 67.6 Å². The molecular weight excluding hydrogens is 280 g/mol.